The molecular weight excluding hydrogens is 278 g/mol. The first kappa shape index (κ1) is 13.0. The van der Waals surface area contributed by atoms with E-state index in [2.05, 4.69) is 55.7 Å². The van der Waals surface area contributed by atoms with Gasteiger partial charge in [0.15, 0.2) is 0 Å². The standard InChI is InChI=1S/C13H20BrN3/c14-13-4-2-1-3-12(13)5-6-16-11-17-9-7-15-8-10-17/h1-4,15-16H,5-11H2. The summed E-state index contributed by atoms with van der Waals surface area (Å²) in [7, 11) is 0. The average Bonchev–Trinajstić information content (AvgIpc) is 2.38. The normalized spacial score (nSPS) is 17.2. The van der Waals surface area contributed by atoms with Gasteiger partial charge in [0.2, 0.25) is 0 Å². The van der Waals surface area contributed by atoms with E-state index in [1.807, 2.05) is 0 Å². The number of hydrogen-bond acceptors (Lipinski definition) is 3. The van der Waals surface area contributed by atoms with Crippen LogP contribution < -0.4 is 10.6 Å². The van der Waals surface area contributed by atoms with Crippen molar-refractivity contribution in [2.45, 2.75) is 6.42 Å². The highest BCUT2D eigenvalue weighted by Crippen LogP contribution is 2.15. The first-order valence-corrected chi connectivity index (χ1v) is 7.03. The smallest absolute Gasteiger partial charge is 0.0481 e. The number of benzene rings is 1. The van der Waals surface area contributed by atoms with Gasteiger partial charge in [-0.3, -0.25) is 4.90 Å². The van der Waals surface area contributed by atoms with Crippen molar-refractivity contribution in [1.29, 1.82) is 0 Å². The summed E-state index contributed by atoms with van der Waals surface area (Å²) in [6.07, 6.45) is 1.08. The lowest BCUT2D eigenvalue weighted by Gasteiger charge is -2.27. The maximum absolute atomic E-state index is 3.58. The molecule has 0 radical (unpaired) electrons. The summed E-state index contributed by atoms with van der Waals surface area (Å²) in [6.45, 7) is 6.58. The highest BCUT2D eigenvalue weighted by molar-refractivity contribution is 9.10. The van der Waals surface area contributed by atoms with Gasteiger partial charge in [-0.05, 0) is 18.1 Å². The van der Waals surface area contributed by atoms with Crippen molar-refractivity contribution in [2.24, 2.45) is 0 Å². The summed E-state index contributed by atoms with van der Waals surface area (Å²) in [5, 5.41) is 6.87. The fourth-order valence-electron chi connectivity index (χ4n) is 2.03. The molecule has 2 rings (SSSR count). The van der Waals surface area contributed by atoms with E-state index in [9.17, 15) is 0 Å². The van der Waals surface area contributed by atoms with Crippen LogP contribution in [0.5, 0.6) is 0 Å². The molecule has 2 N–H and O–H groups in total. The van der Waals surface area contributed by atoms with Gasteiger partial charge in [-0.1, -0.05) is 34.1 Å². The summed E-state index contributed by atoms with van der Waals surface area (Å²) < 4.78 is 1.21. The molecule has 1 aromatic rings. The van der Waals surface area contributed by atoms with Gasteiger partial charge in [-0.15, -0.1) is 0 Å². The minimum atomic E-state index is 1.01. The van der Waals surface area contributed by atoms with Gasteiger partial charge in [0.1, 0.15) is 0 Å². The predicted octanol–water partition coefficient (Wildman–Crippen LogP) is 1.44. The van der Waals surface area contributed by atoms with Gasteiger partial charge >= 0.3 is 0 Å². The molecule has 0 saturated carbocycles. The summed E-state index contributed by atoms with van der Waals surface area (Å²) in [5.41, 5.74) is 1.38. The van der Waals surface area contributed by atoms with Gasteiger partial charge in [0.05, 0.1) is 0 Å². The molecule has 0 amide bonds. The molecule has 4 heteroatoms. The molecule has 17 heavy (non-hydrogen) atoms. The first-order chi connectivity index (χ1) is 8.36. The van der Waals surface area contributed by atoms with E-state index in [1.165, 1.54) is 10.0 Å². The van der Waals surface area contributed by atoms with Crippen molar-refractivity contribution < 1.29 is 0 Å². The molecule has 0 atom stereocenters. The Morgan fingerprint density at radius 1 is 1.24 bits per heavy atom. The lowest BCUT2D eigenvalue weighted by Crippen LogP contribution is -2.47. The van der Waals surface area contributed by atoms with Crippen LogP contribution >= 0.6 is 15.9 Å². The Bertz CT molecular complexity index is 337. The van der Waals surface area contributed by atoms with E-state index in [-0.39, 0.29) is 0 Å². The summed E-state index contributed by atoms with van der Waals surface area (Å²) in [6, 6.07) is 8.43. The zero-order chi connectivity index (χ0) is 11.9. The third kappa shape index (κ3) is 4.39. The zero-order valence-corrected chi connectivity index (χ0v) is 11.7. The van der Waals surface area contributed by atoms with Crippen LogP contribution in [0.3, 0.4) is 0 Å². The fourth-order valence-corrected chi connectivity index (χ4v) is 2.51. The van der Waals surface area contributed by atoms with Crippen molar-refractivity contribution >= 4 is 15.9 Å². The third-order valence-corrected chi connectivity index (χ3v) is 3.85. The average molecular weight is 298 g/mol. The van der Waals surface area contributed by atoms with E-state index < -0.39 is 0 Å². The number of piperazine rings is 1. The lowest BCUT2D eigenvalue weighted by atomic mass is 10.1. The van der Waals surface area contributed by atoms with E-state index >= 15 is 0 Å². The molecular formula is C13H20BrN3. The minimum Gasteiger partial charge on any atom is -0.314 e. The largest absolute Gasteiger partial charge is 0.314 e. The van der Waals surface area contributed by atoms with Crippen molar-refractivity contribution in [1.82, 2.24) is 15.5 Å². The molecule has 94 valence electrons. The zero-order valence-electron chi connectivity index (χ0n) is 10.1. The Hall–Kier alpha value is -0.420. The highest BCUT2D eigenvalue weighted by Gasteiger charge is 2.07. The van der Waals surface area contributed by atoms with Gasteiger partial charge in [0, 0.05) is 43.9 Å². The highest BCUT2D eigenvalue weighted by atomic mass is 79.9. The lowest BCUT2D eigenvalue weighted by molar-refractivity contribution is 0.224. The number of rotatable bonds is 5. The van der Waals surface area contributed by atoms with Gasteiger partial charge in [-0.25, -0.2) is 0 Å². The van der Waals surface area contributed by atoms with E-state index in [4.69, 9.17) is 0 Å². The van der Waals surface area contributed by atoms with E-state index in [0.29, 0.717) is 0 Å². The first-order valence-electron chi connectivity index (χ1n) is 6.23. The monoisotopic (exact) mass is 297 g/mol. The molecule has 1 aromatic carbocycles. The van der Waals surface area contributed by atoms with Crippen LogP contribution in [0.25, 0.3) is 0 Å². The molecule has 0 bridgehead atoms. The van der Waals surface area contributed by atoms with Gasteiger partial charge in [0.25, 0.3) is 0 Å². The fraction of sp³-hybridized carbons (Fsp3) is 0.538. The Morgan fingerprint density at radius 2 is 2.00 bits per heavy atom. The summed E-state index contributed by atoms with van der Waals surface area (Å²) in [5.74, 6) is 0. The number of hydrogen-bond donors (Lipinski definition) is 2. The van der Waals surface area contributed by atoms with Crippen LogP contribution in [0.4, 0.5) is 0 Å². The molecule has 0 spiro atoms. The molecule has 1 aliphatic heterocycles. The van der Waals surface area contributed by atoms with Crippen molar-refractivity contribution in [3.8, 4) is 0 Å². The van der Waals surface area contributed by atoms with Crippen LogP contribution in [0.1, 0.15) is 5.56 Å². The predicted molar refractivity (Wildman–Crippen MR) is 75.2 cm³/mol. The van der Waals surface area contributed by atoms with Crippen LogP contribution in [0, 0.1) is 0 Å². The van der Waals surface area contributed by atoms with E-state index in [0.717, 1.165) is 45.8 Å². The molecule has 1 saturated heterocycles. The topological polar surface area (TPSA) is 27.3 Å². The number of nitrogens with one attached hydrogen (secondary N) is 2. The van der Waals surface area contributed by atoms with Crippen molar-refractivity contribution in [2.75, 3.05) is 39.4 Å². The molecule has 0 aliphatic carbocycles. The van der Waals surface area contributed by atoms with Crippen molar-refractivity contribution in [3.05, 3.63) is 34.3 Å². The number of halogens is 1. The Balaban J connectivity index is 1.64. The van der Waals surface area contributed by atoms with Crippen LogP contribution in [-0.2, 0) is 6.42 Å². The van der Waals surface area contributed by atoms with E-state index in [1.54, 1.807) is 0 Å². The molecule has 1 heterocycles. The quantitative estimate of drug-likeness (QED) is 0.806. The van der Waals surface area contributed by atoms with Crippen molar-refractivity contribution in [3.63, 3.8) is 0 Å². The molecule has 0 unspecified atom stereocenters. The second-order valence-electron chi connectivity index (χ2n) is 4.37. The number of nitrogens with zero attached hydrogens (tertiary/aromatic N) is 1. The van der Waals surface area contributed by atoms with Gasteiger partial charge in [-0.2, -0.15) is 0 Å². The SMILES string of the molecule is Brc1ccccc1CCNCN1CCNCC1. The Labute approximate surface area is 112 Å². The van der Waals surface area contributed by atoms with Crippen LogP contribution in [-0.4, -0.2) is 44.3 Å². The molecule has 3 nitrogen and oxygen atoms in total. The maximum Gasteiger partial charge on any atom is 0.0481 e. The molecule has 0 aromatic heterocycles. The Kier molecular flexibility index (Phi) is 5.45. The van der Waals surface area contributed by atoms with Gasteiger partial charge < -0.3 is 10.6 Å². The minimum absolute atomic E-state index is 1.01. The Morgan fingerprint density at radius 3 is 2.76 bits per heavy atom. The summed E-state index contributed by atoms with van der Waals surface area (Å²) >= 11 is 3.58. The van der Waals surface area contributed by atoms with Crippen LogP contribution in [0.2, 0.25) is 0 Å². The maximum atomic E-state index is 3.58. The summed E-state index contributed by atoms with van der Waals surface area (Å²) in [4.78, 5) is 2.45. The molecule has 1 fully saturated rings. The van der Waals surface area contributed by atoms with Crippen LogP contribution in [0.15, 0.2) is 28.7 Å². The second kappa shape index (κ2) is 7.11. The molecule has 1 aliphatic rings. The third-order valence-electron chi connectivity index (χ3n) is 3.07. The second-order valence-corrected chi connectivity index (χ2v) is 5.22.